The smallest absolute Gasteiger partial charge is 0.282 e. The Kier molecular flexibility index (Phi) is 9.05. The van der Waals surface area contributed by atoms with Crippen LogP contribution < -0.4 is 10.6 Å². The van der Waals surface area contributed by atoms with E-state index in [1.165, 1.54) is 46.2 Å². The maximum atomic E-state index is 12.2. The predicted octanol–water partition coefficient (Wildman–Crippen LogP) is 3.23. The zero-order chi connectivity index (χ0) is 21.2. The van der Waals surface area contributed by atoms with Crippen LogP contribution in [0.3, 0.4) is 0 Å². The van der Waals surface area contributed by atoms with E-state index in [-0.39, 0.29) is 11.8 Å². The van der Waals surface area contributed by atoms with E-state index in [1.54, 1.807) is 0 Å². The van der Waals surface area contributed by atoms with Gasteiger partial charge in [-0.15, -0.1) is 20.4 Å². The third-order valence-electron chi connectivity index (χ3n) is 3.56. The van der Waals surface area contributed by atoms with E-state index in [4.69, 9.17) is 0 Å². The summed E-state index contributed by atoms with van der Waals surface area (Å²) in [6.45, 7) is 3.15. The summed E-state index contributed by atoms with van der Waals surface area (Å²) < 4.78 is 1.54. The van der Waals surface area contributed by atoms with Gasteiger partial charge >= 0.3 is 0 Å². The molecule has 2 amide bonds. The van der Waals surface area contributed by atoms with Gasteiger partial charge in [0.05, 0.1) is 11.5 Å². The molecule has 0 saturated heterocycles. The number of aromatic nitrogens is 4. The minimum Gasteiger partial charge on any atom is -0.355 e. The van der Waals surface area contributed by atoms with Crippen molar-refractivity contribution in [3.05, 3.63) is 45.9 Å². The van der Waals surface area contributed by atoms with Gasteiger partial charge in [0.2, 0.25) is 10.9 Å². The van der Waals surface area contributed by atoms with Crippen LogP contribution >= 0.6 is 46.2 Å². The lowest BCUT2D eigenvalue weighted by Gasteiger charge is -2.01. The molecule has 2 aromatic heterocycles. The standard InChI is InChI=1S/C18H20N6O2S4/c1-2-8-19-13(25)10-27-17-23-24-18(30-17)28-11-14-21-22-16(29-14)15(26)20-9-12-6-4-3-5-7-12/h3-7H,2,8-11H2,1H3,(H,19,25)(H,20,26). The molecule has 30 heavy (non-hydrogen) atoms. The molecule has 0 fully saturated rings. The van der Waals surface area contributed by atoms with E-state index in [1.807, 2.05) is 37.3 Å². The van der Waals surface area contributed by atoms with Gasteiger partial charge in [0.1, 0.15) is 5.01 Å². The molecule has 0 aliphatic carbocycles. The van der Waals surface area contributed by atoms with E-state index in [9.17, 15) is 9.59 Å². The molecule has 158 valence electrons. The topological polar surface area (TPSA) is 110 Å². The number of nitrogens with one attached hydrogen (secondary N) is 2. The van der Waals surface area contributed by atoms with Crippen LogP contribution in [0.5, 0.6) is 0 Å². The number of benzene rings is 1. The van der Waals surface area contributed by atoms with Crippen LogP contribution in [0.25, 0.3) is 0 Å². The molecule has 0 bridgehead atoms. The Labute approximate surface area is 190 Å². The van der Waals surface area contributed by atoms with E-state index in [0.29, 0.717) is 29.6 Å². The fraction of sp³-hybridized carbons (Fsp3) is 0.333. The molecule has 2 N–H and O–H groups in total. The fourth-order valence-corrected chi connectivity index (χ4v) is 5.73. The maximum absolute atomic E-state index is 12.2. The highest BCUT2D eigenvalue weighted by Gasteiger charge is 2.14. The van der Waals surface area contributed by atoms with Gasteiger partial charge in [0, 0.05) is 13.1 Å². The van der Waals surface area contributed by atoms with Crippen LogP contribution in [-0.4, -0.2) is 44.5 Å². The lowest BCUT2D eigenvalue weighted by molar-refractivity contribution is -0.118. The first-order valence-corrected chi connectivity index (χ1v) is 12.7. The highest BCUT2D eigenvalue weighted by Crippen LogP contribution is 2.31. The Bertz CT molecular complexity index is 963. The molecule has 0 unspecified atom stereocenters. The van der Waals surface area contributed by atoms with Crippen molar-refractivity contribution in [1.82, 2.24) is 31.0 Å². The fourth-order valence-electron chi connectivity index (χ4n) is 2.14. The highest BCUT2D eigenvalue weighted by molar-refractivity contribution is 8.03. The molecule has 3 aromatic rings. The minimum atomic E-state index is -0.233. The second kappa shape index (κ2) is 12.0. The summed E-state index contributed by atoms with van der Waals surface area (Å²) in [5.41, 5.74) is 1.03. The largest absolute Gasteiger partial charge is 0.355 e. The molecule has 0 atom stereocenters. The number of hydrogen-bond acceptors (Lipinski definition) is 10. The number of hydrogen-bond donors (Lipinski definition) is 2. The SMILES string of the molecule is CCCNC(=O)CSc1nnc(SCc2nnc(C(=O)NCc3ccccc3)s2)s1. The summed E-state index contributed by atoms with van der Waals surface area (Å²) in [4.78, 5) is 23.9. The number of carbonyl (C=O) groups is 2. The third-order valence-corrected chi connectivity index (χ3v) is 7.87. The van der Waals surface area contributed by atoms with Crippen molar-refractivity contribution in [2.24, 2.45) is 0 Å². The molecule has 8 nitrogen and oxygen atoms in total. The van der Waals surface area contributed by atoms with Gasteiger partial charge in [-0.1, -0.05) is 83.5 Å². The van der Waals surface area contributed by atoms with Gasteiger partial charge in [0.15, 0.2) is 8.68 Å². The molecular formula is C18H20N6O2S4. The summed E-state index contributed by atoms with van der Waals surface area (Å²) >= 11 is 5.56. The van der Waals surface area contributed by atoms with E-state index in [2.05, 4.69) is 31.0 Å². The van der Waals surface area contributed by atoms with E-state index in [0.717, 1.165) is 25.7 Å². The summed E-state index contributed by atoms with van der Waals surface area (Å²) in [6.07, 6.45) is 0.915. The lowest BCUT2D eigenvalue weighted by Crippen LogP contribution is -2.25. The van der Waals surface area contributed by atoms with E-state index < -0.39 is 0 Å². The quantitative estimate of drug-likeness (QED) is 0.403. The summed E-state index contributed by atoms with van der Waals surface area (Å²) in [5.74, 6) is 0.651. The van der Waals surface area contributed by atoms with Crippen molar-refractivity contribution >= 4 is 58.0 Å². The Morgan fingerprint density at radius 1 is 0.967 bits per heavy atom. The van der Waals surface area contributed by atoms with Crippen LogP contribution in [0.2, 0.25) is 0 Å². The first kappa shape index (κ1) is 22.7. The second-order valence-corrected chi connectivity index (χ2v) is 10.4. The molecular weight excluding hydrogens is 461 g/mol. The van der Waals surface area contributed by atoms with Gasteiger partial charge in [-0.2, -0.15) is 0 Å². The average molecular weight is 481 g/mol. The summed E-state index contributed by atoms with van der Waals surface area (Å²) in [5, 5.41) is 23.1. The Hall–Kier alpha value is -2.02. The van der Waals surface area contributed by atoms with Crippen molar-refractivity contribution in [3.8, 4) is 0 Å². The zero-order valence-corrected chi connectivity index (χ0v) is 19.4. The van der Waals surface area contributed by atoms with Crippen molar-refractivity contribution in [1.29, 1.82) is 0 Å². The van der Waals surface area contributed by atoms with Crippen molar-refractivity contribution in [2.75, 3.05) is 12.3 Å². The normalized spacial score (nSPS) is 10.7. The van der Waals surface area contributed by atoms with Crippen LogP contribution in [0.15, 0.2) is 39.0 Å². The molecule has 0 aliphatic heterocycles. The van der Waals surface area contributed by atoms with Gasteiger partial charge in [-0.25, -0.2) is 0 Å². The van der Waals surface area contributed by atoms with E-state index >= 15 is 0 Å². The zero-order valence-electron chi connectivity index (χ0n) is 16.2. The first-order chi connectivity index (χ1) is 14.6. The first-order valence-electron chi connectivity index (χ1n) is 9.14. The van der Waals surface area contributed by atoms with Gasteiger partial charge in [0.25, 0.3) is 5.91 Å². The van der Waals surface area contributed by atoms with Gasteiger partial charge in [-0.3, -0.25) is 9.59 Å². The number of carbonyl (C=O) groups excluding carboxylic acids is 2. The van der Waals surface area contributed by atoms with Crippen LogP contribution in [0, 0.1) is 0 Å². The Morgan fingerprint density at radius 2 is 1.73 bits per heavy atom. The lowest BCUT2D eigenvalue weighted by atomic mass is 10.2. The Balaban J connectivity index is 1.42. The minimum absolute atomic E-state index is 0.00168. The summed E-state index contributed by atoms with van der Waals surface area (Å²) in [7, 11) is 0. The van der Waals surface area contributed by atoms with Crippen molar-refractivity contribution in [3.63, 3.8) is 0 Å². The molecule has 0 radical (unpaired) electrons. The molecule has 0 aliphatic rings. The van der Waals surface area contributed by atoms with Crippen LogP contribution in [-0.2, 0) is 17.1 Å². The maximum Gasteiger partial charge on any atom is 0.282 e. The molecule has 2 heterocycles. The molecule has 1 aromatic carbocycles. The van der Waals surface area contributed by atoms with Crippen LogP contribution in [0.1, 0.15) is 33.7 Å². The van der Waals surface area contributed by atoms with Crippen molar-refractivity contribution in [2.45, 2.75) is 34.3 Å². The number of rotatable bonds is 11. The number of nitrogens with zero attached hydrogens (tertiary/aromatic N) is 4. The molecule has 12 heteroatoms. The predicted molar refractivity (Wildman–Crippen MR) is 121 cm³/mol. The van der Waals surface area contributed by atoms with Gasteiger partial charge < -0.3 is 10.6 Å². The highest BCUT2D eigenvalue weighted by atomic mass is 32.2. The number of amides is 2. The van der Waals surface area contributed by atoms with Gasteiger partial charge in [-0.05, 0) is 12.0 Å². The third kappa shape index (κ3) is 7.35. The molecule has 0 spiro atoms. The number of thioether (sulfide) groups is 2. The Morgan fingerprint density at radius 3 is 2.50 bits per heavy atom. The second-order valence-electron chi connectivity index (χ2n) is 5.93. The monoisotopic (exact) mass is 480 g/mol. The van der Waals surface area contributed by atoms with Crippen molar-refractivity contribution < 1.29 is 9.59 Å². The molecule has 3 rings (SSSR count). The van der Waals surface area contributed by atoms with Crippen LogP contribution in [0.4, 0.5) is 0 Å². The average Bonchev–Trinajstić information content (AvgIpc) is 3.43. The summed E-state index contributed by atoms with van der Waals surface area (Å²) in [6, 6.07) is 9.70. The molecule has 0 saturated carbocycles.